The van der Waals surface area contributed by atoms with Crippen LogP contribution in [-0.4, -0.2) is 34.0 Å². The van der Waals surface area contributed by atoms with Gasteiger partial charge in [-0.25, -0.2) is 0 Å². The molecule has 0 bridgehead atoms. The Morgan fingerprint density at radius 3 is 2.95 bits per heavy atom. The maximum Gasteiger partial charge on any atom is 0.264 e. The van der Waals surface area contributed by atoms with E-state index in [0.717, 1.165) is 23.3 Å². The van der Waals surface area contributed by atoms with Gasteiger partial charge in [0.1, 0.15) is 0 Å². The van der Waals surface area contributed by atoms with Crippen molar-refractivity contribution in [2.24, 2.45) is 0 Å². The number of hydrogen-bond acceptors (Lipinski definition) is 4. The lowest BCUT2D eigenvalue weighted by atomic mass is 9.99. The summed E-state index contributed by atoms with van der Waals surface area (Å²) in [5.74, 6) is 0.0114. The molecule has 0 atom stereocenters. The van der Waals surface area contributed by atoms with Gasteiger partial charge >= 0.3 is 0 Å². The summed E-state index contributed by atoms with van der Waals surface area (Å²) >= 11 is 1.62. The lowest BCUT2D eigenvalue weighted by molar-refractivity contribution is 0.0712. The molecule has 3 rings (SSSR count). The van der Waals surface area contributed by atoms with Crippen LogP contribution in [0.4, 0.5) is 0 Å². The average Bonchev–Trinajstić information content (AvgIpc) is 2.99. The van der Waals surface area contributed by atoms with Gasteiger partial charge in [0.05, 0.1) is 11.5 Å². The molecule has 1 N–H and O–H groups in total. The van der Waals surface area contributed by atoms with Crippen LogP contribution in [0.15, 0.2) is 30.6 Å². The minimum atomic E-state index is -0.0307. The molecule has 5 heteroatoms. The molecule has 1 aliphatic carbocycles. The first-order chi connectivity index (χ1) is 10.8. The van der Waals surface area contributed by atoms with Gasteiger partial charge < -0.3 is 10.0 Å². The van der Waals surface area contributed by atoms with E-state index in [0.29, 0.717) is 13.1 Å². The standard InChI is InChI=1S/C17H20N2O2S/c20-9-8-19(12-13-4-3-7-18-11-13)17(21)16-10-14-5-1-2-6-15(14)22-16/h3-4,7,10-11,20H,1-2,5-6,8-9,12H2. The maximum atomic E-state index is 12.8. The summed E-state index contributed by atoms with van der Waals surface area (Å²) in [6, 6.07) is 5.86. The van der Waals surface area contributed by atoms with Crippen molar-refractivity contribution in [3.05, 3.63) is 51.5 Å². The fourth-order valence-corrected chi connectivity index (χ4v) is 4.06. The third-order valence-corrected chi connectivity index (χ3v) is 5.19. The van der Waals surface area contributed by atoms with Gasteiger partial charge in [-0.15, -0.1) is 11.3 Å². The van der Waals surface area contributed by atoms with E-state index in [1.165, 1.54) is 23.3 Å². The van der Waals surface area contributed by atoms with Crippen molar-refractivity contribution in [2.75, 3.05) is 13.2 Å². The Bertz CT molecular complexity index is 616. The van der Waals surface area contributed by atoms with Gasteiger partial charge in [-0.05, 0) is 48.9 Å². The summed E-state index contributed by atoms with van der Waals surface area (Å²) in [4.78, 5) is 20.7. The van der Waals surface area contributed by atoms with Crippen molar-refractivity contribution in [2.45, 2.75) is 32.2 Å². The Balaban J connectivity index is 1.78. The van der Waals surface area contributed by atoms with E-state index in [4.69, 9.17) is 0 Å². The first-order valence-corrected chi connectivity index (χ1v) is 8.50. The summed E-state index contributed by atoms with van der Waals surface area (Å²) in [7, 11) is 0. The van der Waals surface area contributed by atoms with E-state index in [-0.39, 0.29) is 12.5 Å². The van der Waals surface area contributed by atoms with Gasteiger partial charge in [0.25, 0.3) is 5.91 Å². The Morgan fingerprint density at radius 2 is 2.23 bits per heavy atom. The minimum absolute atomic E-state index is 0.0114. The number of aliphatic hydroxyl groups excluding tert-OH is 1. The van der Waals surface area contributed by atoms with Crippen LogP contribution in [0.5, 0.6) is 0 Å². The number of rotatable bonds is 5. The van der Waals surface area contributed by atoms with E-state index in [2.05, 4.69) is 11.1 Å². The molecule has 4 nitrogen and oxygen atoms in total. The highest BCUT2D eigenvalue weighted by atomic mass is 32.1. The average molecular weight is 316 g/mol. The summed E-state index contributed by atoms with van der Waals surface area (Å²) in [6.45, 7) is 0.795. The van der Waals surface area contributed by atoms with Crippen LogP contribution in [-0.2, 0) is 19.4 Å². The zero-order valence-corrected chi connectivity index (χ0v) is 13.3. The van der Waals surface area contributed by atoms with Crippen molar-refractivity contribution >= 4 is 17.2 Å². The molecule has 0 saturated heterocycles. The second-order valence-electron chi connectivity index (χ2n) is 5.58. The van der Waals surface area contributed by atoms with Crippen molar-refractivity contribution in [1.29, 1.82) is 0 Å². The van der Waals surface area contributed by atoms with Crippen LogP contribution >= 0.6 is 11.3 Å². The molecule has 22 heavy (non-hydrogen) atoms. The molecule has 2 aromatic rings. The first-order valence-electron chi connectivity index (χ1n) is 7.68. The van der Waals surface area contributed by atoms with Gasteiger partial charge in [0, 0.05) is 30.4 Å². The number of thiophene rings is 1. The largest absolute Gasteiger partial charge is 0.395 e. The van der Waals surface area contributed by atoms with Gasteiger partial charge in [-0.1, -0.05) is 6.07 Å². The number of carbonyl (C=O) groups is 1. The van der Waals surface area contributed by atoms with Crippen molar-refractivity contribution in [3.8, 4) is 0 Å². The first kappa shape index (κ1) is 15.2. The quantitative estimate of drug-likeness (QED) is 0.922. The monoisotopic (exact) mass is 316 g/mol. The van der Waals surface area contributed by atoms with Crippen molar-refractivity contribution in [1.82, 2.24) is 9.88 Å². The highest BCUT2D eigenvalue weighted by Gasteiger charge is 2.21. The van der Waals surface area contributed by atoms with Crippen LogP contribution in [0.2, 0.25) is 0 Å². The zero-order chi connectivity index (χ0) is 15.4. The molecule has 116 valence electrons. The van der Waals surface area contributed by atoms with Gasteiger partial charge in [-0.2, -0.15) is 0 Å². The van der Waals surface area contributed by atoms with E-state index in [1.54, 1.807) is 28.6 Å². The van der Waals surface area contributed by atoms with Crippen LogP contribution < -0.4 is 0 Å². The van der Waals surface area contributed by atoms with E-state index >= 15 is 0 Å². The summed E-state index contributed by atoms with van der Waals surface area (Å²) in [6.07, 6.45) is 8.09. The van der Waals surface area contributed by atoms with Crippen LogP contribution in [0.3, 0.4) is 0 Å². The number of aliphatic hydroxyl groups is 1. The SMILES string of the molecule is O=C(c1cc2c(s1)CCCC2)N(CCO)Cc1cccnc1. The highest BCUT2D eigenvalue weighted by Crippen LogP contribution is 2.30. The third-order valence-electron chi connectivity index (χ3n) is 3.96. The maximum absolute atomic E-state index is 12.8. The normalized spacial score (nSPS) is 13.7. The van der Waals surface area contributed by atoms with Crippen LogP contribution in [0.1, 0.15) is 38.5 Å². The van der Waals surface area contributed by atoms with Gasteiger partial charge in [-0.3, -0.25) is 9.78 Å². The molecule has 2 aromatic heterocycles. The molecule has 0 aliphatic heterocycles. The second-order valence-corrected chi connectivity index (χ2v) is 6.71. The molecular formula is C17H20N2O2S. The molecule has 2 heterocycles. The second kappa shape index (κ2) is 7.03. The molecule has 0 saturated carbocycles. The molecule has 0 fully saturated rings. The lowest BCUT2D eigenvalue weighted by Gasteiger charge is -2.21. The predicted octanol–water partition coefficient (Wildman–Crippen LogP) is 2.66. The fourth-order valence-electron chi connectivity index (χ4n) is 2.84. The molecule has 0 radical (unpaired) electrons. The zero-order valence-electron chi connectivity index (χ0n) is 12.5. The number of nitrogens with zero attached hydrogens (tertiary/aromatic N) is 2. The van der Waals surface area contributed by atoms with Gasteiger partial charge in [0.15, 0.2) is 0 Å². The predicted molar refractivity (Wildman–Crippen MR) is 87.0 cm³/mol. The highest BCUT2D eigenvalue weighted by molar-refractivity contribution is 7.14. The van der Waals surface area contributed by atoms with Gasteiger partial charge in [0.2, 0.25) is 0 Å². The molecule has 0 spiro atoms. The summed E-state index contributed by atoms with van der Waals surface area (Å²) in [5.41, 5.74) is 2.32. The molecule has 1 amide bonds. The lowest BCUT2D eigenvalue weighted by Crippen LogP contribution is -2.32. The number of fused-ring (bicyclic) bond motifs is 1. The number of pyridine rings is 1. The third kappa shape index (κ3) is 3.36. The number of aryl methyl sites for hydroxylation is 2. The van der Waals surface area contributed by atoms with E-state index in [1.807, 2.05) is 12.1 Å². The smallest absolute Gasteiger partial charge is 0.264 e. The molecule has 0 aromatic carbocycles. The molecule has 0 unspecified atom stereocenters. The van der Waals surface area contributed by atoms with Crippen molar-refractivity contribution < 1.29 is 9.90 Å². The molecule has 1 aliphatic rings. The Morgan fingerprint density at radius 1 is 1.36 bits per heavy atom. The number of amides is 1. The Kier molecular flexibility index (Phi) is 4.85. The Hall–Kier alpha value is -1.72. The summed E-state index contributed by atoms with van der Waals surface area (Å²) < 4.78 is 0. The van der Waals surface area contributed by atoms with Crippen LogP contribution in [0.25, 0.3) is 0 Å². The van der Waals surface area contributed by atoms with Crippen molar-refractivity contribution in [3.63, 3.8) is 0 Å². The number of carbonyl (C=O) groups excluding carboxylic acids is 1. The molecular weight excluding hydrogens is 296 g/mol. The topological polar surface area (TPSA) is 53.4 Å². The van der Waals surface area contributed by atoms with Crippen LogP contribution in [0, 0.1) is 0 Å². The fraction of sp³-hybridized carbons (Fsp3) is 0.412. The Labute approximate surface area is 134 Å². The minimum Gasteiger partial charge on any atom is -0.395 e. The van der Waals surface area contributed by atoms with E-state index in [9.17, 15) is 9.90 Å². The number of aromatic nitrogens is 1. The van der Waals surface area contributed by atoms with E-state index < -0.39 is 0 Å². The summed E-state index contributed by atoms with van der Waals surface area (Å²) in [5, 5.41) is 9.27. The number of hydrogen-bond donors (Lipinski definition) is 1.